The summed E-state index contributed by atoms with van der Waals surface area (Å²) in [6, 6.07) is 6.93. The second kappa shape index (κ2) is 6.53. The highest BCUT2D eigenvalue weighted by atomic mass is 35.5. The van der Waals surface area contributed by atoms with E-state index in [0.29, 0.717) is 29.6 Å². The molecular weight excluding hydrogens is 300 g/mol. The number of rotatable bonds is 3. The van der Waals surface area contributed by atoms with Crippen LogP contribution in [0, 0.1) is 10.1 Å². The largest absolute Gasteiger partial charge is 0.366 e. The third-order valence-electron chi connectivity index (χ3n) is 2.71. The standard InChI is InChI=1S/C12H13ClN4O2S/c13-8-4-1-2-5-9(8)16-12(20)10(17(18)19)11-14-6-3-7-15-11/h1-2,4-5,14-15H,3,6-7H2,(H,16,20). The van der Waals surface area contributed by atoms with Crippen molar-refractivity contribution < 1.29 is 4.92 Å². The molecule has 0 bridgehead atoms. The number of nitrogens with one attached hydrogen (secondary N) is 3. The molecule has 1 aliphatic heterocycles. The molecule has 1 aromatic rings. The minimum atomic E-state index is -0.507. The number of thiocarbonyl (C=S) groups is 1. The maximum absolute atomic E-state index is 11.2. The van der Waals surface area contributed by atoms with E-state index in [9.17, 15) is 10.1 Å². The molecule has 20 heavy (non-hydrogen) atoms. The summed E-state index contributed by atoms with van der Waals surface area (Å²) < 4.78 is 0. The quantitative estimate of drug-likeness (QED) is 0.343. The lowest BCUT2D eigenvalue weighted by atomic mass is 10.3. The normalized spacial score (nSPS) is 13.9. The van der Waals surface area contributed by atoms with Crippen LogP contribution in [0.5, 0.6) is 0 Å². The molecule has 0 amide bonds. The molecule has 1 aliphatic rings. The van der Waals surface area contributed by atoms with Crippen LogP contribution < -0.4 is 16.0 Å². The van der Waals surface area contributed by atoms with Gasteiger partial charge in [0, 0.05) is 13.1 Å². The third-order valence-corrected chi connectivity index (χ3v) is 3.34. The molecule has 1 fully saturated rings. The molecule has 2 rings (SSSR count). The van der Waals surface area contributed by atoms with Gasteiger partial charge in [-0.3, -0.25) is 10.1 Å². The molecule has 0 spiro atoms. The molecule has 1 saturated heterocycles. The van der Waals surface area contributed by atoms with Crippen molar-refractivity contribution in [1.29, 1.82) is 0 Å². The summed E-state index contributed by atoms with van der Waals surface area (Å²) in [5, 5.41) is 20.4. The Balaban J connectivity index is 2.24. The predicted molar refractivity (Wildman–Crippen MR) is 82.3 cm³/mol. The van der Waals surface area contributed by atoms with Crippen molar-refractivity contribution in [2.24, 2.45) is 0 Å². The zero-order valence-electron chi connectivity index (χ0n) is 10.5. The number of nitro groups is 1. The van der Waals surface area contributed by atoms with E-state index in [1.807, 2.05) is 0 Å². The highest BCUT2D eigenvalue weighted by molar-refractivity contribution is 7.81. The monoisotopic (exact) mass is 312 g/mol. The van der Waals surface area contributed by atoms with Gasteiger partial charge >= 0.3 is 5.70 Å². The fourth-order valence-corrected chi connectivity index (χ4v) is 2.25. The van der Waals surface area contributed by atoms with Crippen molar-refractivity contribution >= 4 is 34.5 Å². The van der Waals surface area contributed by atoms with Crippen LogP contribution in [0.15, 0.2) is 35.8 Å². The first-order valence-electron chi connectivity index (χ1n) is 6.02. The molecule has 0 unspecified atom stereocenters. The maximum atomic E-state index is 11.2. The van der Waals surface area contributed by atoms with Gasteiger partial charge in [0.2, 0.25) is 0 Å². The van der Waals surface area contributed by atoms with Crippen molar-refractivity contribution in [2.45, 2.75) is 6.42 Å². The van der Waals surface area contributed by atoms with E-state index in [2.05, 4.69) is 16.0 Å². The number of benzene rings is 1. The molecule has 106 valence electrons. The van der Waals surface area contributed by atoms with Crippen LogP contribution in [-0.2, 0) is 0 Å². The van der Waals surface area contributed by atoms with Crippen LogP contribution in [0.3, 0.4) is 0 Å². The van der Waals surface area contributed by atoms with Gasteiger partial charge in [-0.15, -0.1) is 0 Å². The van der Waals surface area contributed by atoms with Gasteiger partial charge in [0.05, 0.1) is 15.6 Å². The lowest BCUT2D eigenvalue weighted by Gasteiger charge is -2.19. The Morgan fingerprint density at radius 3 is 2.60 bits per heavy atom. The Kier molecular flexibility index (Phi) is 4.75. The van der Waals surface area contributed by atoms with Crippen LogP contribution in [0.1, 0.15) is 6.42 Å². The second-order valence-electron chi connectivity index (χ2n) is 4.12. The van der Waals surface area contributed by atoms with Crippen LogP contribution in [0.25, 0.3) is 0 Å². The van der Waals surface area contributed by atoms with Crippen LogP contribution in [-0.4, -0.2) is 23.0 Å². The van der Waals surface area contributed by atoms with E-state index in [0.717, 1.165) is 6.42 Å². The van der Waals surface area contributed by atoms with Crippen molar-refractivity contribution in [3.63, 3.8) is 0 Å². The predicted octanol–water partition coefficient (Wildman–Crippen LogP) is 2.11. The van der Waals surface area contributed by atoms with Gasteiger partial charge in [-0.05, 0) is 18.6 Å². The fraction of sp³-hybridized carbons (Fsp3) is 0.250. The van der Waals surface area contributed by atoms with Crippen LogP contribution in [0.2, 0.25) is 5.02 Å². The summed E-state index contributed by atoms with van der Waals surface area (Å²) in [5.41, 5.74) is 0.356. The van der Waals surface area contributed by atoms with E-state index in [1.165, 1.54) is 0 Å². The SMILES string of the molecule is O=[N+]([O-])C(C(=S)Nc1ccccc1Cl)=C1NCCCN1. The topological polar surface area (TPSA) is 79.2 Å². The number of anilines is 1. The van der Waals surface area contributed by atoms with E-state index >= 15 is 0 Å². The van der Waals surface area contributed by atoms with Gasteiger partial charge in [-0.25, -0.2) is 0 Å². The third kappa shape index (κ3) is 3.37. The first-order valence-corrected chi connectivity index (χ1v) is 6.80. The summed E-state index contributed by atoms with van der Waals surface area (Å²) in [6.07, 6.45) is 0.902. The average molecular weight is 313 g/mol. The van der Waals surface area contributed by atoms with Gasteiger partial charge in [-0.2, -0.15) is 0 Å². The average Bonchev–Trinajstić information content (AvgIpc) is 2.42. The molecule has 0 aliphatic carbocycles. The molecule has 0 atom stereocenters. The Bertz CT molecular complexity index is 568. The van der Waals surface area contributed by atoms with E-state index in [1.54, 1.807) is 24.3 Å². The smallest absolute Gasteiger partial charge is 0.343 e. The van der Waals surface area contributed by atoms with E-state index in [-0.39, 0.29) is 10.7 Å². The Morgan fingerprint density at radius 2 is 2.00 bits per heavy atom. The highest BCUT2D eigenvalue weighted by Gasteiger charge is 2.26. The van der Waals surface area contributed by atoms with Crippen LogP contribution >= 0.6 is 23.8 Å². The van der Waals surface area contributed by atoms with E-state index in [4.69, 9.17) is 23.8 Å². The van der Waals surface area contributed by atoms with Crippen LogP contribution in [0.4, 0.5) is 5.69 Å². The Morgan fingerprint density at radius 1 is 1.35 bits per heavy atom. The van der Waals surface area contributed by atoms with Gasteiger partial charge in [0.1, 0.15) is 0 Å². The minimum Gasteiger partial charge on any atom is -0.366 e. The number of hydrogen-bond donors (Lipinski definition) is 3. The zero-order valence-corrected chi connectivity index (χ0v) is 12.1. The second-order valence-corrected chi connectivity index (χ2v) is 4.94. The van der Waals surface area contributed by atoms with E-state index < -0.39 is 4.92 Å². The molecule has 8 heteroatoms. The lowest BCUT2D eigenvalue weighted by molar-refractivity contribution is -0.416. The van der Waals surface area contributed by atoms with Gasteiger partial charge in [0.15, 0.2) is 10.8 Å². The zero-order chi connectivity index (χ0) is 14.5. The van der Waals surface area contributed by atoms with Gasteiger partial charge in [0.25, 0.3) is 0 Å². The molecule has 6 nitrogen and oxygen atoms in total. The summed E-state index contributed by atoms with van der Waals surface area (Å²) >= 11 is 11.1. The Hall–Kier alpha value is -1.86. The van der Waals surface area contributed by atoms with Crippen molar-refractivity contribution in [2.75, 3.05) is 18.4 Å². The Labute approximate surface area is 126 Å². The molecule has 0 saturated carbocycles. The summed E-state index contributed by atoms with van der Waals surface area (Å²) in [7, 11) is 0. The fourth-order valence-electron chi connectivity index (χ4n) is 1.78. The van der Waals surface area contributed by atoms with Crippen molar-refractivity contribution in [1.82, 2.24) is 10.6 Å². The highest BCUT2D eigenvalue weighted by Crippen LogP contribution is 2.21. The molecule has 0 radical (unpaired) electrons. The number of para-hydroxylation sites is 1. The molecular formula is C12H13ClN4O2S. The summed E-state index contributed by atoms with van der Waals surface area (Å²) in [6.45, 7) is 1.35. The maximum Gasteiger partial charge on any atom is 0.343 e. The molecule has 1 aromatic carbocycles. The molecule has 1 heterocycles. The molecule has 3 N–H and O–H groups in total. The number of halogens is 1. The van der Waals surface area contributed by atoms with Gasteiger partial charge in [-0.1, -0.05) is 36.0 Å². The first kappa shape index (κ1) is 14.5. The van der Waals surface area contributed by atoms with Crippen molar-refractivity contribution in [3.8, 4) is 0 Å². The number of nitrogens with zero attached hydrogens (tertiary/aromatic N) is 1. The summed E-state index contributed by atoms with van der Waals surface area (Å²) in [4.78, 5) is 10.7. The van der Waals surface area contributed by atoms with Crippen molar-refractivity contribution in [3.05, 3.63) is 50.9 Å². The first-order chi connectivity index (χ1) is 9.59. The minimum absolute atomic E-state index is 0.0139. The number of hydrogen-bond acceptors (Lipinski definition) is 5. The molecule has 0 aromatic heterocycles. The lowest BCUT2D eigenvalue weighted by Crippen LogP contribution is -2.39. The van der Waals surface area contributed by atoms with Gasteiger partial charge < -0.3 is 16.0 Å². The summed E-state index contributed by atoms with van der Waals surface area (Å²) in [5.74, 6) is 0.339.